The first-order chi connectivity index (χ1) is 7.65. The fourth-order valence-electron chi connectivity index (χ4n) is 1.13. The monoisotopic (exact) mass is 238 g/mol. The molecule has 0 aliphatic rings. The largest absolute Gasteiger partial charge is 0.387 e. The van der Waals surface area contributed by atoms with Crippen LogP contribution in [0.25, 0.3) is 0 Å². The van der Waals surface area contributed by atoms with Gasteiger partial charge >= 0.3 is 0 Å². The van der Waals surface area contributed by atoms with E-state index >= 15 is 0 Å². The van der Waals surface area contributed by atoms with Crippen molar-refractivity contribution in [1.82, 2.24) is 5.32 Å². The molecule has 1 amide bonds. The van der Waals surface area contributed by atoms with Crippen LogP contribution in [0.4, 0.5) is 0 Å². The van der Waals surface area contributed by atoms with E-state index in [1.165, 1.54) is 11.3 Å². The fraction of sp³-hybridized carbons (Fsp3) is 0.364. The van der Waals surface area contributed by atoms with Crippen molar-refractivity contribution in [2.24, 2.45) is 5.73 Å². The SMILES string of the molecule is C#CCC(N)C(=O)NCC(O)c1ccsc1. The second-order valence-corrected chi connectivity index (χ2v) is 4.11. The zero-order chi connectivity index (χ0) is 12.0. The summed E-state index contributed by atoms with van der Waals surface area (Å²) in [5, 5.41) is 15.9. The van der Waals surface area contributed by atoms with Gasteiger partial charge in [-0.25, -0.2) is 0 Å². The molecule has 0 fully saturated rings. The summed E-state index contributed by atoms with van der Waals surface area (Å²) in [5.74, 6) is 1.98. The van der Waals surface area contributed by atoms with Gasteiger partial charge in [0.25, 0.3) is 0 Å². The number of thiophene rings is 1. The molecular formula is C11H14N2O2S. The Bertz CT molecular complexity index is 370. The minimum Gasteiger partial charge on any atom is -0.387 e. The van der Waals surface area contributed by atoms with Gasteiger partial charge in [0, 0.05) is 13.0 Å². The smallest absolute Gasteiger partial charge is 0.238 e. The maximum Gasteiger partial charge on any atom is 0.238 e. The van der Waals surface area contributed by atoms with Crippen molar-refractivity contribution in [2.75, 3.05) is 6.54 Å². The lowest BCUT2D eigenvalue weighted by Gasteiger charge is -2.13. The molecule has 86 valence electrons. The lowest BCUT2D eigenvalue weighted by atomic mass is 10.2. The molecule has 0 aliphatic carbocycles. The van der Waals surface area contributed by atoms with E-state index < -0.39 is 12.1 Å². The molecule has 0 spiro atoms. The number of aliphatic hydroxyl groups excluding tert-OH is 1. The Hall–Kier alpha value is -1.35. The second kappa shape index (κ2) is 6.28. The molecule has 2 unspecified atom stereocenters. The van der Waals surface area contributed by atoms with Crippen molar-refractivity contribution < 1.29 is 9.90 Å². The molecule has 0 radical (unpaired) electrons. The Morgan fingerprint density at radius 2 is 2.50 bits per heavy atom. The van der Waals surface area contributed by atoms with Crippen LogP contribution in [0.1, 0.15) is 18.1 Å². The first-order valence-electron chi connectivity index (χ1n) is 4.82. The van der Waals surface area contributed by atoms with Gasteiger partial charge in [0.1, 0.15) is 0 Å². The molecule has 1 heterocycles. The predicted octanol–water partition coefficient (Wildman–Crippen LogP) is 0.248. The van der Waals surface area contributed by atoms with Gasteiger partial charge in [-0.3, -0.25) is 4.79 Å². The number of carbonyl (C=O) groups excluding carboxylic acids is 1. The van der Waals surface area contributed by atoms with Gasteiger partial charge in [-0.15, -0.1) is 12.3 Å². The summed E-state index contributed by atoms with van der Waals surface area (Å²) in [5.41, 5.74) is 6.29. The topological polar surface area (TPSA) is 75.4 Å². The van der Waals surface area contributed by atoms with Crippen LogP contribution in [0.2, 0.25) is 0 Å². The van der Waals surface area contributed by atoms with Gasteiger partial charge in [0.05, 0.1) is 12.1 Å². The average molecular weight is 238 g/mol. The summed E-state index contributed by atoms with van der Waals surface area (Å²) < 4.78 is 0. The van der Waals surface area contributed by atoms with Crippen molar-refractivity contribution in [3.63, 3.8) is 0 Å². The molecule has 0 saturated heterocycles. The highest BCUT2D eigenvalue weighted by Crippen LogP contribution is 2.14. The summed E-state index contributed by atoms with van der Waals surface area (Å²) in [6.45, 7) is 0.147. The predicted molar refractivity (Wildman–Crippen MR) is 63.7 cm³/mol. The van der Waals surface area contributed by atoms with Gasteiger partial charge in [-0.1, -0.05) is 0 Å². The number of amides is 1. The van der Waals surface area contributed by atoms with Crippen LogP contribution in [-0.2, 0) is 4.79 Å². The van der Waals surface area contributed by atoms with Crippen molar-refractivity contribution in [3.8, 4) is 12.3 Å². The third-order valence-corrected chi connectivity index (χ3v) is 2.77. The standard InChI is InChI=1S/C11H14N2O2S/c1-2-3-9(12)11(15)13-6-10(14)8-4-5-16-7-8/h1,4-5,7,9-10,14H,3,6,12H2,(H,13,15). The highest BCUT2D eigenvalue weighted by molar-refractivity contribution is 7.07. The van der Waals surface area contributed by atoms with E-state index in [0.717, 1.165) is 5.56 Å². The van der Waals surface area contributed by atoms with Crippen molar-refractivity contribution in [3.05, 3.63) is 22.4 Å². The van der Waals surface area contributed by atoms with Gasteiger partial charge in [-0.2, -0.15) is 11.3 Å². The van der Waals surface area contributed by atoms with Gasteiger partial charge in [0.2, 0.25) is 5.91 Å². The Morgan fingerprint density at radius 3 is 3.06 bits per heavy atom. The van der Waals surface area contributed by atoms with Crippen LogP contribution in [0.5, 0.6) is 0 Å². The molecule has 0 aromatic carbocycles. The molecule has 16 heavy (non-hydrogen) atoms. The van der Waals surface area contributed by atoms with E-state index in [1.807, 2.05) is 16.8 Å². The zero-order valence-electron chi connectivity index (χ0n) is 8.72. The third-order valence-electron chi connectivity index (χ3n) is 2.07. The molecule has 5 heteroatoms. The number of hydrogen-bond acceptors (Lipinski definition) is 4. The van der Waals surface area contributed by atoms with Crippen molar-refractivity contribution in [2.45, 2.75) is 18.6 Å². The molecule has 1 aromatic rings. The maximum absolute atomic E-state index is 11.4. The van der Waals surface area contributed by atoms with Crippen LogP contribution in [-0.4, -0.2) is 23.6 Å². The molecular weight excluding hydrogens is 224 g/mol. The molecule has 4 nitrogen and oxygen atoms in total. The number of nitrogens with two attached hydrogens (primary N) is 1. The van der Waals surface area contributed by atoms with Crippen LogP contribution < -0.4 is 11.1 Å². The number of aliphatic hydroxyl groups is 1. The Morgan fingerprint density at radius 1 is 1.75 bits per heavy atom. The quantitative estimate of drug-likeness (QED) is 0.644. The summed E-state index contributed by atoms with van der Waals surface area (Å²) in [4.78, 5) is 11.4. The van der Waals surface area contributed by atoms with E-state index in [9.17, 15) is 9.90 Å². The van der Waals surface area contributed by atoms with Crippen LogP contribution in [0, 0.1) is 12.3 Å². The first kappa shape index (κ1) is 12.7. The Balaban J connectivity index is 2.35. The molecule has 2 atom stereocenters. The fourth-order valence-corrected chi connectivity index (χ4v) is 1.84. The number of nitrogens with one attached hydrogen (secondary N) is 1. The normalized spacial score (nSPS) is 13.8. The maximum atomic E-state index is 11.4. The highest BCUT2D eigenvalue weighted by atomic mass is 32.1. The number of rotatable bonds is 5. The third kappa shape index (κ3) is 3.66. The van der Waals surface area contributed by atoms with Gasteiger partial charge < -0.3 is 16.2 Å². The summed E-state index contributed by atoms with van der Waals surface area (Å²) >= 11 is 1.49. The zero-order valence-corrected chi connectivity index (χ0v) is 9.54. The minimum atomic E-state index is -0.709. The molecule has 1 aromatic heterocycles. The molecule has 0 saturated carbocycles. The summed E-state index contributed by atoms with van der Waals surface area (Å²) in [7, 11) is 0. The van der Waals surface area contributed by atoms with Crippen molar-refractivity contribution in [1.29, 1.82) is 0 Å². The van der Waals surface area contributed by atoms with E-state index in [2.05, 4.69) is 11.2 Å². The van der Waals surface area contributed by atoms with Crippen molar-refractivity contribution >= 4 is 17.2 Å². The lowest BCUT2D eigenvalue weighted by molar-refractivity contribution is -0.122. The van der Waals surface area contributed by atoms with Gasteiger partial charge in [-0.05, 0) is 22.4 Å². The van der Waals surface area contributed by atoms with Crippen LogP contribution >= 0.6 is 11.3 Å². The highest BCUT2D eigenvalue weighted by Gasteiger charge is 2.14. The van der Waals surface area contributed by atoms with E-state index in [-0.39, 0.29) is 18.9 Å². The number of hydrogen-bond donors (Lipinski definition) is 3. The van der Waals surface area contributed by atoms with Gasteiger partial charge in [0.15, 0.2) is 0 Å². The summed E-state index contributed by atoms with van der Waals surface area (Å²) in [6.07, 6.45) is 4.54. The number of carbonyl (C=O) groups is 1. The molecule has 1 rings (SSSR count). The lowest BCUT2D eigenvalue weighted by Crippen LogP contribution is -2.41. The second-order valence-electron chi connectivity index (χ2n) is 3.33. The van der Waals surface area contributed by atoms with E-state index in [1.54, 1.807) is 0 Å². The van der Waals surface area contributed by atoms with Crippen LogP contribution in [0.3, 0.4) is 0 Å². The van der Waals surface area contributed by atoms with E-state index in [0.29, 0.717) is 0 Å². The number of terminal acetylenes is 1. The Kier molecular flexibility index (Phi) is 4.99. The first-order valence-corrected chi connectivity index (χ1v) is 5.76. The summed E-state index contributed by atoms with van der Waals surface area (Å²) in [6, 6.07) is 1.10. The molecule has 0 aliphatic heterocycles. The average Bonchev–Trinajstić information content (AvgIpc) is 2.79. The molecule has 4 N–H and O–H groups in total. The van der Waals surface area contributed by atoms with Crippen LogP contribution in [0.15, 0.2) is 16.8 Å². The van der Waals surface area contributed by atoms with E-state index in [4.69, 9.17) is 12.2 Å². The molecule has 0 bridgehead atoms. The minimum absolute atomic E-state index is 0.147. The Labute approximate surface area is 98.5 Å².